The first kappa shape index (κ1) is 13.2. The van der Waals surface area contributed by atoms with Crippen molar-refractivity contribution in [3.63, 3.8) is 0 Å². The van der Waals surface area contributed by atoms with E-state index in [1.165, 1.54) is 0 Å². The lowest BCUT2D eigenvalue weighted by Crippen LogP contribution is -2.52. The Morgan fingerprint density at radius 2 is 1.90 bits per heavy atom. The van der Waals surface area contributed by atoms with Gasteiger partial charge in [0.2, 0.25) is 0 Å². The van der Waals surface area contributed by atoms with Gasteiger partial charge >= 0.3 is 0 Å². The van der Waals surface area contributed by atoms with Crippen molar-refractivity contribution >= 4 is 5.91 Å². The number of nitrogens with one attached hydrogen (secondary N) is 2. The minimum atomic E-state index is -0.129. The lowest BCUT2D eigenvalue weighted by Gasteiger charge is -2.35. The summed E-state index contributed by atoms with van der Waals surface area (Å²) < 4.78 is 11.0. The van der Waals surface area contributed by atoms with Crippen LogP contribution >= 0.6 is 0 Å². The molecule has 0 spiro atoms. The van der Waals surface area contributed by atoms with Gasteiger partial charge in [-0.2, -0.15) is 0 Å². The molecule has 0 saturated carbocycles. The van der Waals surface area contributed by atoms with E-state index in [1.54, 1.807) is 18.2 Å². The highest BCUT2D eigenvalue weighted by molar-refractivity contribution is 5.95. The topological polar surface area (TPSA) is 59.6 Å². The number of rotatable bonds is 2. The fourth-order valence-corrected chi connectivity index (χ4v) is 2.63. The number of benzene rings is 1. The van der Waals surface area contributed by atoms with Crippen LogP contribution < -0.4 is 20.1 Å². The van der Waals surface area contributed by atoms with E-state index in [2.05, 4.69) is 17.6 Å². The standard InChI is InChI=1S/C15H20N2O3/c1-15(4-6-16-7-5-15)17-14(18)11-2-3-12-13(10-11)20-9-8-19-12/h2-3,10,16H,4-9H2,1H3,(H,17,18). The summed E-state index contributed by atoms with van der Waals surface area (Å²) in [6.07, 6.45) is 1.90. The third-order valence-corrected chi connectivity index (χ3v) is 3.93. The molecule has 0 atom stereocenters. The molecule has 2 aliphatic rings. The molecule has 1 fully saturated rings. The molecule has 2 heterocycles. The van der Waals surface area contributed by atoms with E-state index in [-0.39, 0.29) is 11.4 Å². The molecule has 3 rings (SSSR count). The monoisotopic (exact) mass is 276 g/mol. The van der Waals surface area contributed by atoms with E-state index in [4.69, 9.17) is 9.47 Å². The highest BCUT2D eigenvalue weighted by Gasteiger charge is 2.29. The fourth-order valence-electron chi connectivity index (χ4n) is 2.63. The summed E-state index contributed by atoms with van der Waals surface area (Å²) >= 11 is 0. The minimum Gasteiger partial charge on any atom is -0.486 e. The second-order valence-corrected chi connectivity index (χ2v) is 5.62. The third-order valence-electron chi connectivity index (χ3n) is 3.93. The molecule has 1 aromatic carbocycles. The van der Waals surface area contributed by atoms with E-state index >= 15 is 0 Å². The van der Waals surface area contributed by atoms with Gasteiger partial charge < -0.3 is 20.1 Å². The van der Waals surface area contributed by atoms with Crippen molar-refractivity contribution in [2.75, 3.05) is 26.3 Å². The van der Waals surface area contributed by atoms with E-state index < -0.39 is 0 Å². The number of carbonyl (C=O) groups excluding carboxylic acids is 1. The molecule has 2 aliphatic heterocycles. The molecular formula is C15H20N2O3. The molecule has 0 aliphatic carbocycles. The maximum atomic E-state index is 12.4. The van der Waals surface area contributed by atoms with Gasteiger partial charge in [-0.1, -0.05) is 0 Å². The second kappa shape index (κ2) is 5.32. The molecule has 1 saturated heterocycles. The summed E-state index contributed by atoms with van der Waals surface area (Å²) in [4.78, 5) is 12.4. The van der Waals surface area contributed by atoms with Crippen LogP contribution in [0.2, 0.25) is 0 Å². The highest BCUT2D eigenvalue weighted by atomic mass is 16.6. The van der Waals surface area contributed by atoms with Gasteiger partial charge in [-0.25, -0.2) is 0 Å². The van der Waals surface area contributed by atoms with Crippen LogP contribution in [0.5, 0.6) is 11.5 Å². The Labute approximate surface area is 118 Å². The number of hydrogen-bond acceptors (Lipinski definition) is 4. The number of ether oxygens (including phenoxy) is 2. The summed E-state index contributed by atoms with van der Waals surface area (Å²) in [7, 11) is 0. The SMILES string of the molecule is CC1(NC(=O)c2ccc3c(c2)OCCO3)CCNCC1. The van der Waals surface area contributed by atoms with Gasteiger partial charge in [0, 0.05) is 11.1 Å². The Bertz CT molecular complexity index is 510. The minimum absolute atomic E-state index is 0.0497. The van der Waals surface area contributed by atoms with Crippen LogP contribution in [0.25, 0.3) is 0 Å². The molecule has 1 aromatic rings. The van der Waals surface area contributed by atoms with Crippen LogP contribution in [-0.4, -0.2) is 37.7 Å². The average molecular weight is 276 g/mol. The third kappa shape index (κ3) is 2.72. The van der Waals surface area contributed by atoms with Crippen LogP contribution in [0.4, 0.5) is 0 Å². The largest absolute Gasteiger partial charge is 0.486 e. The zero-order valence-electron chi connectivity index (χ0n) is 11.7. The van der Waals surface area contributed by atoms with Crippen LogP contribution in [0.1, 0.15) is 30.1 Å². The Morgan fingerprint density at radius 1 is 1.20 bits per heavy atom. The first-order chi connectivity index (χ1) is 9.66. The van der Waals surface area contributed by atoms with Gasteiger partial charge in [-0.3, -0.25) is 4.79 Å². The molecule has 0 bridgehead atoms. The van der Waals surface area contributed by atoms with E-state index in [0.717, 1.165) is 25.9 Å². The number of amides is 1. The van der Waals surface area contributed by atoms with Crippen LogP contribution in [0, 0.1) is 0 Å². The normalized spacial score (nSPS) is 20.2. The van der Waals surface area contributed by atoms with Gasteiger partial charge in [-0.15, -0.1) is 0 Å². The van der Waals surface area contributed by atoms with Crippen molar-refractivity contribution in [2.45, 2.75) is 25.3 Å². The maximum Gasteiger partial charge on any atom is 0.251 e. The van der Waals surface area contributed by atoms with Gasteiger partial charge in [0.25, 0.3) is 5.91 Å². The maximum absolute atomic E-state index is 12.4. The first-order valence-corrected chi connectivity index (χ1v) is 7.09. The van der Waals surface area contributed by atoms with Crippen LogP contribution in [0.15, 0.2) is 18.2 Å². The van der Waals surface area contributed by atoms with E-state index in [0.29, 0.717) is 30.3 Å². The molecular weight excluding hydrogens is 256 g/mol. The predicted octanol–water partition coefficient (Wildman–Crippen LogP) is 1.33. The van der Waals surface area contributed by atoms with Crippen molar-refractivity contribution in [2.24, 2.45) is 0 Å². The Hall–Kier alpha value is -1.75. The van der Waals surface area contributed by atoms with Gasteiger partial charge in [0.05, 0.1) is 0 Å². The Balaban J connectivity index is 1.73. The molecule has 0 aromatic heterocycles. The van der Waals surface area contributed by atoms with Gasteiger partial charge in [0.1, 0.15) is 13.2 Å². The smallest absolute Gasteiger partial charge is 0.251 e. The number of piperidine rings is 1. The quantitative estimate of drug-likeness (QED) is 0.855. The molecule has 0 radical (unpaired) electrons. The van der Waals surface area contributed by atoms with Crippen molar-refractivity contribution in [1.29, 1.82) is 0 Å². The van der Waals surface area contributed by atoms with Gasteiger partial charge in [-0.05, 0) is 51.1 Å². The Kier molecular flexibility index (Phi) is 3.53. The lowest BCUT2D eigenvalue weighted by molar-refractivity contribution is 0.0886. The summed E-state index contributed by atoms with van der Waals surface area (Å²) in [5.41, 5.74) is 0.490. The molecule has 1 amide bonds. The van der Waals surface area contributed by atoms with Crippen LogP contribution in [0.3, 0.4) is 0 Å². The number of carbonyl (C=O) groups is 1. The van der Waals surface area contributed by atoms with Crippen molar-refractivity contribution in [3.8, 4) is 11.5 Å². The zero-order valence-corrected chi connectivity index (χ0v) is 11.7. The summed E-state index contributed by atoms with van der Waals surface area (Å²) in [5.74, 6) is 1.31. The molecule has 20 heavy (non-hydrogen) atoms. The summed E-state index contributed by atoms with van der Waals surface area (Å²) in [6, 6.07) is 5.34. The van der Waals surface area contributed by atoms with E-state index in [1.807, 2.05) is 0 Å². The van der Waals surface area contributed by atoms with E-state index in [9.17, 15) is 4.79 Å². The highest BCUT2D eigenvalue weighted by Crippen LogP contribution is 2.31. The molecule has 0 unspecified atom stereocenters. The molecule has 108 valence electrons. The molecule has 5 nitrogen and oxygen atoms in total. The number of hydrogen-bond donors (Lipinski definition) is 2. The molecule has 5 heteroatoms. The van der Waals surface area contributed by atoms with Gasteiger partial charge in [0.15, 0.2) is 11.5 Å². The second-order valence-electron chi connectivity index (χ2n) is 5.62. The van der Waals surface area contributed by atoms with Crippen molar-refractivity contribution in [3.05, 3.63) is 23.8 Å². The summed E-state index contributed by atoms with van der Waals surface area (Å²) in [6.45, 7) is 5.07. The zero-order chi connectivity index (χ0) is 14.0. The fraction of sp³-hybridized carbons (Fsp3) is 0.533. The first-order valence-electron chi connectivity index (χ1n) is 7.09. The van der Waals surface area contributed by atoms with Crippen LogP contribution in [-0.2, 0) is 0 Å². The summed E-state index contributed by atoms with van der Waals surface area (Å²) in [5, 5.41) is 6.45. The predicted molar refractivity (Wildman–Crippen MR) is 75.4 cm³/mol. The van der Waals surface area contributed by atoms with Crippen molar-refractivity contribution < 1.29 is 14.3 Å². The Morgan fingerprint density at radius 3 is 2.65 bits per heavy atom. The number of fused-ring (bicyclic) bond motifs is 1. The average Bonchev–Trinajstić information content (AvgIpc) is 2.47. The van der Waals surface area contributed by atoms with Crippen molar-refractivity contribution in [1.82, 2.24) is 10.6 Å². The lowest BCUT2D eigenvalue weighted by atomic mass is 9.90. The molecule has 2 N–H and O–H groups in total.